The van der Waals surface area contributed by atoms with Gasteiger partial charge in [-0.15, -0.1) is 0 Å². The number of aryl methyl sites for hydroxylation is 2. The minimum Gasteiger partial charge on any atom is -0.312 e. The molecule has 0 amide bonds. The van der Waals surface area contributed by atoms with E-state index in [2.05, 4.69) is 6.07 Å². The molecule has 0 atom stereocenters. The number of hydrogen-bond acceptors (Lipinski definition) is 1. The van der Waals surface area contributed by atoms with E-state index in [0.717, 1.165) is 47.2 Å². The van der Waals surface area contributed by atoms with E-state index in [-0.39, 0.29) is 5.56 Å². The van der Waals surface area contributed by atoms with Crippen molar-refractivity contribution in [3.63, 3.8) is 0 Å². The monoisotopic (exact) mass is 249 g/mol. The Hall–Kier alpha value is -1.77. The van der Waals surface area contributed by atoms with Gasteiger partial charge in [0, 0.05) is 24.2 Å². The first-order chi connectivity index (χ1) is 9.15. The zero-order valence-electron chi connectivity index (χ0n) is 11.1. The number of nitrogens with zero attached hydrogens (tertiary/aromatic N) is 1. The molecule has 0 saturated heterocycles. The zero-order valence-corrected chi connectivity index (χ0v) is 11.1. The van der Waals surface area contributed by atoms with Crippen LogP contribution < -0.4 is 11.0 Å². The van der Waals surface area contributed by atoms with Crippen molar-refractivity contribution in [1.82, 2.24) is 4.57 Å². The zero-order chi connectivity index (χ0) is 13.4. The van der Waals surface area contributed by atoms with Crippen LogP contribution in [0, 0.1) is 6.92 Å². The van der Waals surface area contributed by atoms with E-state index in [0.29, 0.717) is 6.42 Å². The Morgan fingerprint density at radius 1 is 1.26 bits per heavy atom. The maximum Gasteiger partial charge on any atom is 0.254 e. The van der Waals surface area contributed by atoms with Gasteiger partial charge >= 0.3 is 0 Å². The van der Waals surface area contributed by atoms with E-state index >= 15 is 0 Å². The molecule has 0 fully saturated rings. The van der Waals surface area contributed by atoms with Crippen LogP contribution in [0.1, 0.15) is 28.8 Å². The molecule has 1 aromatic heterocycles. The van der Waals surface area contributed by atoms with Gasteiger partial charge in [0.25, 0.3) is 5.56 Å². The smallest absolute Gasteiger partial charge is 0.254 e. The lowest BCUT2D eigenvalue weighted by Gasteiger charge is -2.08. The summed E-state index contributed by atoms with van der Waals surface area (Å²) in [6.07, 6.45) is 2.76. The molecule has 0 aliphatic carbocycles. The summed E-state index contributed by atoms with van der Waals surface area (Å²) in [5.41, 5.74) is 5.15. The minimum absolute atomic E-state index is 0.161. The molecule has 19 heavy (non-hydrogen) atoms. The summed E-state index contributed by atoms with van der Waals surface area (Å²) in [4.78, 5) is 12.3. The van der Waals surface area contributed by atoms with E-state index in [1.807, 2.05) is 35.8 Å². The highest BCUT2D eigenvalue weighted by atomic mass is 16.1. The van der Waals surface area contributed by atoms with Crippen molar-refractivity contribution < 1.29 is 0 Å². The van der Waals surface area contributed by atoms with Crippen LogP contribution in [0.15, 0.2) is 35.1 Å². The van der Waals surface area contributed by atoms with Crippen molar-refractivity contribution >= 4 is 13.3 Å². The van der Waals surface area contributed by atoms with Crippen LogP contribution in [-0.2, 0) is 19.4 Å². The molecule has 2 nitrogen and oxygen atoms in total. The molecule has 2 aromatic rings. The van der Waals surface area contributed by atoms with Crippen molar-refractivity contribution in [3.8, 4) is 0 Å². The molecule has 94 valence electrons. The Morgan fingerprint density at radius 2 is 2.11 bits per heavy atom. The first kappa shape index (κ1) is 12.3. The van der Waals surface area contributed by atoms with Crippen LogP contribution in [-0.4, -0.2) is 12.4 Å². The number of rotatable bonds is 2. The van der Waals surface area contributed by atoms with Crippen LogP contribution >= 0.6 is 0 Å². The molecule has 3 rings (SSSR count). The normalized spacial score (nSPS) is 13.5. The second kappa shape index (κ2) is 4.73. The highest BCUT2D eigenvalue weighted by Gasteiger charge is 2.14. The maximum atomic E-state index is 12.3. The topological polar surface area (TPSA) is 22.0 Å². The van der Waals surface area contributed by atoms with Crippen LogP contribution in [0.2, 0.25) is 0 Å². The number of aromatic nitrogens is 1. The Balaban J connectivity index is 1.96. The Labute approximate surface area is 114 Å². The SMILES string of the molecule is [B]c1cc(Cc2ccc3n(c2=O)CCC3)ccc1C. The lowest BCUT2D eigenvalue weighted by molar-refractivity contribution is 0.713. The van der Waals surface area contributed by atoms with Gasteiger partial charge in [0.2, 0.25) is 0 Å². The van der Waals surface area contributed by atoms with Crippen LogP contribution in [0.5, 0.6) is 0 Å². The summed E-state index contributed by atoms with van der Waals surface area (Å²) in [5, 5.41) is 0. The van der Waals surface area contributed by atoms with Gasteiger partial charge in [-0.05, 0) is 31.4 Å². The molecular weight excluding hydrogens is 233 g/mol. The highest BCUT2D eigenvalue weighted by molar-refractivity contribution is 6.33. The third kappa shape index (κ3) is 2.25. The fraction of sp³-hybridized carbons (Fsp3) is 0.312. The van der Waals surface area contributed by atoms with Gasteiger partial charge in [-0.1, -0.05) is 35.3 Å². The maximum absolute atomic E-state index is 12.3. The molecule has 0 unspecified atom stereocenters. The fourth-order valence-electron chi connectivity index (χ4n) is 2.70. The second-order valence-corrected chi connectivity index (χ2v) is 5.28. The van der Waals surface area contributed by atoms with Crippen LogP contribution in [0.3, 0.4) is 0 Å². The Kier molecular flexibility index (Phi) is 3.05. The minimum atomic E-state index is 0.161. The molecular formula is C16H16BNO. The summed E-state index contributed by atoms with van der Waals surface area (Å²) in [7, 11) is 5.92. The van der Waals surface area contributed by atoms with Crippen LogP contribution in [0.4, 0.5) is 0 Å². The van der Waals surface area contributed by atoms with Crippen LogP contribution in [0.25, 0.3) is 0 Å². The third-order valence-corrected chi connectivity index (χ3v) is 3.90. The largest absolute Gasteiger partial charge is 0.312 e. The lowest BCUT2D eigenvalue weighted by Crippen LogP contribution is -2.23. The van der Waals surface area contributed by atoms with Crippen molar-refractivity contribution in [1.29, 1.82) is 0 Å². The first-order valence-corrected chi connectivity index (χ1v) is 6.72. The van der Waals surface area contributed by atoms with Gasteiger partial charge in [0.05, 0.1) is 0 Å². The molecule has 1 aliphatic rings. The number of hydrogen-bond donors (Lipinski definition) is 0. The standard InChI is InChI=1S/C16H16BNO/c1-11-4-5-12(10-15(11)17)9-13-6-7-14-3-2-8-18(14)16(13)19/h4-7,10H,2-3,8-9H2,1H3. The number of pyridine rings is 1. The Morgan fingerprint density at radius 3 is 2.89 bits per heavy atom. The molecule has 0 spiro atoms. The first-order valence-electron chi connectivity index (χ1n) is 6.72. The van der Waals surface area contributed by atoms with Gasteiger partial charge < -0.3 is 4.57 Å². The lowest BCUT2D eigenvalue weighted by atomic mass is 9.88. The highest BCUT2D eigenvalue weighted by Crippen LogP contribution is 2.13. The average Bonchev–Trinajstić information content (AvgIpc) is 2.86. The Bertz CT molecular complexity index is 688. The predicted molar refractivity (Wildman–Crippen MR) is 78.4 cm³/mol. The van der Waals surface area contributed by atoms with E-state index in [4.69, 9.17) is 7.85 Å². The van der Waals surface area contributed by atoms with E-state index < -0.39 is 0 Å². The van der Waals surface area contributed by atoms with E-state index in [1.54, 1.807) is 0 Å². The molecule has 0 saturated carbocycles. The van der Waals surface area contributed by atoms with Gasteiger partial charge in [-0.2, -0.15) is 0 Å². The molecule has 1 aromatic carbocycles. The number of fused-ring (bicyclic) bond motifs is 1. The quantitative estimate of drug-likeness (QED) is 0.739. The van der Waals surface area contributed by atoms with Gasteiger partial charge in [0.15, 0.2) is 0 Å². The number of benzene rings is 1. The summed E-state index contributed by atoms with van der Waals surface area (Å²) >= 11 is 0. The summed E-state index contributed by atoms with van der Waals surface area (Å²) < 4.78 is 1.91. The summed E-state index contributed by atoms with van der Waals surface area (Å²) in [6.45, 7) is 2.85. The van der Waals surface area contributed by atoms with E-state index in [9.17, 15) is 4.79 Å². The van der Waals surface area contributed by atoms with Gasteiger partial charge in [0.1, 0.15) is 7.85 Å². The molecule has 0 N–H and O–H groups in total. The van der Waals surface area contributed by atoms with Gasteiger partial charge in [-0.3, -0.25) is 4.79 Å². The molecule has 3 heteroatoms. The van der Waals surface area contributed by atoms with Gasteiger partial charge in [-0.25, -0.2) is 0 Å². The van der Waals surface area contributed by atoms with Crippen molar-refractivity contribution in [3.05, 3.63) is 63.1 Å². The van der Waals surface area contributed by atoms with Crippen molar-refractivity contribution in [2.24, 2.45) is 0 Å². The second-order valence-electron chi connectivity index (χ2n) is 5.28. The molecule has 2 heterocycles. The molecule has 2 radical (unpaired) electrons. The third-order valence-electron chi connectivity index (χ3n) is 3.90. The van der Waals surface area contributed by atoms with E-state index in [1.165, 1.54) is 0 Å². The average molecular weight is 249 g/mol. The van der Waals surface area contributed by atoms with Crippen molar-refractivity contribution in [2.45, 2.75) is 32.7 Å². The molecule has 0 bridgehead atoms. The predicted octanol–water partition coefficient (Wildman–Crippen LogP) is 1.49. The summed E-state index contributed by atoms with van der Waals surface area (Å²) in [6, 6.07) is 10.1. The fourth-order valence-corrected chi connectivity index (χ4v) is 2.70. The summed E-state index contributed by atoms with van der Waals surface area (Å²) in [5.74, 6) is 0. The molecule has 1 aliphatic heterocycles. The van der Waals surface area contributed by atoms with Crippen molar-refractivity contribution in [2.75, 3.05) is 0 Å².